The van der Waals surface area contributed by atoms with Crippen LogP contribution in [0.15, 0.2) is 24.3 Å². The normalized spacial score (nSPS) is 11.5. The first kappa shape index (κ1) is 10.5. The molecule has 15 heavy (non-hydrogen) atoms. The zero-order chi connectivity index (χ0) is 10.7. The number of thiol groups is 1. The molecule has 0 saturated heterocycles. The highest BCUT2D eigenvalue weighted by molar-refractivity contribution is 7.80. The number of nitrogens with zero attached hydrogens (tertiary/aromatic N) is 1. The van der Waals surface area contributed by atoms with Crippen LogP contribution in [0.25, 0.3) is 16.3 Å². The summed E-state index contributed by atoms with van der Waals surface area (Å²) in [4.78, 5) is 4.42. The second kappa shape index (κ2) is 4.68. The van der Waals surface area contributed by atoms with Crippen LogP contribution in [0, 0.1) is 0 Å². The molecule has 0 aliphatic rings. The third-order valence-corrected chi connectivity index (χ3v) is 3.19. The van der Waals surface area contributed by atoms with Crippen molar-refractivity contribution < 1.29 is 5.11 Å². The minimum absolute atomic E-state index is 0.289. The number of aromatic hydroxyl groups is 1. The number of allylic oxidation sites excluding steroid dienone is 1. The molecule has 78 valence electrons. The Labute approximate surface area is 97.7 Å². The van der Waals surface area contributed by atoms with Crippen LogP contribution < -0.4 is 0 Å². The Morgan fingerprint density at radius 3 is 3.13 bits per heavy atom. The molecule has 1 aromatic carbocycles. The van der Waals surface area contributed by atoms with Gasteiger partial charge in [-0.05, 0) is 36.4 Å². The van der Waals surface area contributed by atoms with Crippen LogP contribution >= 0.6 is 24.0 Å². The van der Waals surface area contributed by atoms with Gasteiger partial charge in [0.2, 0.25) is 0 Å². The lowest BCUT2D eigenvalue weighted by Crippen LogP contribution is -1.70. The van der Waals surface area contributed by atoms with Gasteiger partial charge in [0.05, 0.1) is 10.2 Å². The van der Waals surface area contributed by atoms with Crippen LogP contribution in [0.3, 0.4) is 0 Å². The molecule has 0 aliphatic carbocycles. The van der Waals surface area contributed by atoms with Crippen molar-refractivity contribution in [3.63, 3.8) is 0 Å². The quantitative estimate of drug-likeness (QED) is 0.803. The fourth-order valence-electron chi connectivity index (χ4n) is 1.26. The van der Waals surface area contributed by atoms with Gasteiger partial charge in [0.1, 0.15) is 10.8 Å². The topological polar surface area (TPSA) is 33.1 Å². The summed E-state index contributed by atoms with van der Waals surface area (Å²) in [6.07, 6.45) is 5.01. The molecule has 2 nitrogen and oxygen atoms in total. The van der Waals surface area contributed by atoms with E-state index in [0.29, 0.717) is 0 Å². The first-order valence-corrected chi connectivity index (χ1v) is 6.11. The number of hydrogen-bond acceptors (Lipinski definition) is 4. The average Bonchev–Trinajstić information content (AvgIpc) is 2.60. The molecule has 1 heterocycles. The number of phenols is 1. The molecule has 0 unspecified atom stereocenters. The van der Waals surface area contributed by atoms with Crippen molar-refractivity contribution in [1.82, 2.24) is 4.98 Å². The molecule has 1 aromatic heterocycles. The highest BCUT2D eigenvalue weighted by atomic mass is 32.1. The Bertz CT molecular complexity index is 490. The van der Waals surface area contributed by atoms with E-state index in [-0.39, 0.29) is 5.75 Å². The fraction of sp³-hybridized carbons (Fsp3) is 0.182. The lowest BCUT2D eigenvalue weighted by Gasteiger charge is -1.87. The van der Waals surface area contributed by atoms with Gasteiger partial charge in [0.15, 0.2) is 0 Å². The highest BCUT2D eigenvalue weighted by Crippen LogP contribution is 2.26. The number of rotatable bonds is 3. The van der Waals surface area contributed by atoms with Crippen molar-refractivity contribution in [2.45, 2.75) is 6.42 Å². The summed E-state index contributed by atoms with van der Waals surface area (Å²) >= 11 is 5.71. The Morgan fingerprint density at radius 2 is 2.33 bits per heavy atom. The minimum atomic E-state index is 0.289. The van der Waals surface area contributed by atoms with E-state index in [0.717, 1.165) is 27.4 Å². The second-order valence-electron chi connectivity index (χ2n) is 3.12. The summed E-state index contributed by atoms with van der Waals surface area (Å²) in [5.74, 6) is 1.14. The van der Waals surface area contributed by atoms with E-state index in [1.54, 1.807) is 23.5 Å². The van der Waals surface area contributed by atoms with Crippen LogP contribution in [0.2, 0.25) is 0 Å². The first-order valence-electron chi connectivity index (χ1n) is 4.66. The average molecular weight is 237 g/mol. The van der Waals surface area contributed by atoms with Crippen molar-refractivity contribution in [3.8, 4) is 5.75 Å². The van der Waals surface area contributed by atoms with E-state index in [1.807, 2.05) is 12.1 Å². The van der Waals surface area contributed by atoms with Crippen LogP contribution in [-0.4, -0.2) is 15.8 Å². The number of fused-ring (bicyclic) bond motifs is 1. The fourth-order valence-corrected chi connectivity index (χ4v) is 2.34. The molecule has 0 atom stereocenters. The standard InChI is InChI=1S/C11H11NOS2/c13-8-4-5-9-10(7-8)15-11(12-9)3-1-2-6-14/h1,3-5,7,13-14H,2,6H2. The Morgan fingerprint density at radius 1 is 1.47 bits per heavy atom. The highest BCUT2D eigenvalue weighted by Gasteiger charge is 2.01. The van der Waals surface area contributed by atoms with Gasteiger partial charge in [-0.2, -0.15) is 12.6 Å². The number of benzene rings is 1. The molecular formula is C11H11NOS2. The van der Waals surface area contributed by atoms with Crippen molar-refractivity contribution in [2.75, 3.05) is 5.75 Å². The van der Waals surface area contributed by atoms with Gasteiger partial charge in [-0.25, -0.2) is 4.98 Å². The van der Waals surface area contributed by atoms with Gasteiger partial charge in [0.25, 0.3) is 0 Å². The summed E-state index contributed by atoms with van der Waals surface area (Å²) in [6.45, 7) is 0. The van der Waals surface area contributed by atoms with Gasteiger partial charge in [-0.15, -0.1) is 11.3 Å². The van der Waals surface area contributed by atoms with E-state index in [1.165, 1.54) is 0 Å². The molecule has 0 aliphatic heterocycles. The van der Waals surface area contributed by atoms with Gasteiger partial charge in [-0.3, -0.25) is 0 Å². The molecule has 0 spiro atoms. The number of phenolic OH excluding ortho intramolecular Hbond substituents is 1. The van der Waals surface area contributed by atoms with Crippen molar-refractivity contribution in [3.05, 3.63) is 29.3 Å². The van der Waals surface area contributed by atoms with Crippen LogP contribution in [0.1, 0.15) is 11.4 Å². The number of hydrogen-bond donors (Lipinski definition) is 2. The van der Waals surface area contributed by atoms with Crippen LogP contribution in [0.5, 0.6) is 5.75 Å². The third kappa shape index (κ3) is 2.52. The molecule has 1 N–H and O–H groups in total. The molecule has 4 heteroatoms. The van der Waals surface area contributed by atoms with Gasteiger partial charge < -0.3 is 5.11 Å². The lowest BCUT2D eigenvalue weighted by atomic mass is 10.3. The summed E-state index contributed by atoms with van der Waals surface area (Å²) < 4.78 is 1.01. The van der Waals surface area contributed by atoms with Gasteiger partial charge in [0, 0.05) is 0 Å². The molecule has 2 aromatic rings. The van der Waals surface area contributed by atoms with E-state index >= 15 is 0 Å². The molecule has 0 amide bonds. The number of aromatic nitrogens is 1. The Kier molecular flexibility index (Phi) is 3.28. The SMILES string of the molecule is Oc1ccc2nc(C=CCCS)sc2c1. The number of thiazole rings is 1. The monoisotopic (exact) mass is 237 g/mol. The summed E-state index contributed by atoms with van der Waals surface area (Å²) in [6, 6.07) is 5.23. The zero-order valence-electron chi connectivity index (χ0n) is 8.05. The maximum atomic E-state index is 9.30. The molecule has 2 rings (SSSR count). The van der Waals surface area contributed by atoms with Gasteiger partial charge in [-0.1, -0.05) is 6.08 Å². The maximum absolute atomic E-state index is 9.30. The Hall–Kier alpha value is -1.00. The van der Waals surface area contributed by atoms with Gasteiger partial charge >= 0.3 is 0 Å². The van der Waals surface area contributed by atoms with Crippen LogP contribution in [0.4, 0.5) is 0 Å². The predicted molar refractivity (Wildman–Crippen MR) is 68.8 cm³/mol. The molecule has 0 radical (unpaired) electrons. The molecule has 0 fully saturated rings. The Balaban J connectivity index is 2.30. The van der Waals surface area contributed by atoms with Crippen LogP contribution in [-0.2, 0) is 0 Å². The molecule has 0 saturated carbocycles. The van der Waals surface area contributed by atoms with E-state index in [2.05, 4.69) is 23.7 Å². The van der Waals surface area contributed by atoms with E-state index in [9.17, 15) is 5.11 Å². The zero-order valence-corrected chi connectivity index (χ0v) is 9.76. The lowest BCUT2D eigenvalue weighted by molar-refractivity contribution is 0.476. The van der Waals surface area contributed by atoms with Crippen molar-refractivity contribution >= 4 is 40.3 Å². The molecule has 0 bridgehead atoms. The minimum Gasteiger partial charge on any atom is -0.508 e. The third-order valence-electron chi connectivity index (χ3n) is 1.94. The summed E-state index contributed by atoms with van der Waals surface area (Å²) in [5.41, 5.74) is 0.934. The smallest absolute Gasteiger partial charge is 0.117 e. The largest absolute Gasteiger partial charge is 0.508 e. The van der Waals surface area contributed by atoms with Crippen molar-refractivity contribution in [1.29, 1.82) is 0 Å². The first-order chi connectivity index (χ1) is 7.29. The van der Waals surface area contributed by atoms with Crippen molar-refractivity contribution in [2.24, 2.45) is 0 Å². The predicted octanol–water partition coefficient (Wildman–Crippen LogP) is 3.34. The summed E-state index contributed by atoms with van der Waals surface area (Å²) in [7, 11) is 0. The summed E-state index contributed by atoms with van der Waals surface area (Å²) in [5, 5.41) is 10.3. The molecular weight excluding hydrogens is 226 g/mol. The maximum Gasteiger partial charge on any atom is 0.117 e. The van der Waals surface area contributed by atoms with E-state index < -0.39 is 0 Å². The second-order valence-corrected chi connectivity index (χ2v) is 4.63. The van der Waals surface area contributed by atoms with E-state index in [4.69, 9.17) is 0 Å².